The van der Waals surface area contributed by atoms with Crippen molar-refractivity contribution in [3.05, 3.63) is 69.6 Å². The normalized spacial score (nSPS) is 15.9. The molecule has 1 unspecified atom stereocenters. The molecule has 1 aliphatic heterocycles. The number of nitrogens with zero attached hydrogens (tertiary/aromatic N) is 1. The van der Waals surface area contributed by atoms with E-state index in [2.05, 4.69) is 22.1 Å². The molecule has 4 nitrogen and oxygen atoms in total. The van der Waals surface area contributed by atoms with Crippen LogP contribution in [0.5, 0.6) is 5.75 Å². The lowest BCUT2D eigenvalue weighted by atomic mass is 9.69. The number of ether oxygens (including phenoxy) is 1. The smallest absolute Gasteiger partial charge is 0.141 e. The number of pyridine rings is 1. The fraction of sp³-hybridized carbons (Fsp3) is 0.393. The van der Waals surface area contributed by atoms with E-state index < -0.39 is 11.9 Å². The van der Waals surface area contributed by atoms with Crippen LogP contribution in [-0.4, -0.2) is 36.4 Å². The van der Waals surface area contributed by atoms with Gasteiger partial charge in [-0.1, -0.05) is 35.0 Å². The number of nitrogens with one attached hydrogen (secondary N) is 1. The first-order valence-corrected chi connectivity index (χ1v) is 12.6. The molecule has 2 aromatic carbocycles. The van der Waals surface area contributed by atoms with E-state index in [1.54, 1.807) is 19.4 Å². The van der Waals surface area contributed by atoms with Crippen LogP contribution in [0.2, 0.25) is 10.0 Å². The zero-order valence-electron chi connectivity index (χ0n) is 19.7. The lowest BCUT2D eigenvalue weighted by molar-refractivity contribution is -0.00337. The summed E-state index contributed by atoms with van der Waals surface area (Å²) in [6, 6.07) is 10.2. The van der Waals surface area contributed by atoms with Crippen LogP contribution in [0.3, 0.4) is 0 Å². The quantitative estimate of drug-likeness (QED) is 0.369. The number of aliphatic hydroxyl groups is 1. The second kappa shape index (κ2) is 11.6. The predicted molar refractivity (Wildman–Crippen MR) is 140 cm³/mol. The van der Waals surface area contributed by atoms with Gasteiger partial charge in [0.25, 0.3) is 0 Å². The van der Waals surface area contributed by atoms with E-state index in [0.717, 1.165) is 67.4 Å². The molecule has 35 heavy (non-hydrogen) atoms. The minimum atomic E-state index is -0.558. The van der Waals surface area contributed by atoms with Gasteiger partial charge < -0.3 is 15.2 Å². The summed E-state index contributed by atoms with van der Waals surface area (Å²) in [5, 5.41) is 16.3. The van der Waals surface area contributed by atoms with E-state index in [1.807, 2.05) is 18.2 Å². The maximum absolute atomic E-state index is 13.4. The first-order valence-electron chi connectivity index (χ1n) is 11.9. The summed E-state index contributed by atoms with van der Waals surface area (Å²) < 4.78 is 18.8. The number of halogens is 3. The number of aromatic nitrogens is 1. The molecule has 0 aliphatic carbocycles. The van der Waals surface area contributed by atoms with Crippen LogP contribution in [0.1, 0.15) is 43.2 Å². The number of hydrogen-bond acceptors (Lipinski definition) is 4. The van der Waals surface area contributed by atoms with Crippen LogP contribution in [-0.2, 0) is 6.42 Å². The number of aliphatic hydroxyl groups excluding tert-OH is 1. The number of aryl methyl sites for hydroxylation is 1. The van der Waals surface area contributed by atoms with Gasteiger partial charge in [0.2, 0.25) is 0 Å². The fourth-order valence-corrected chi connectivity index (χ4v) is 5.34. The van der Waals surface area contributed by atoms with Crippen LogP contribution in [0.15, 0.2) is 42.6 Å². The second-order valence-electron chi connectivity index (χ2n) is 9.08. The highest BCUT2D eigenvalue weighted by molar-refractivity contribution is 6.32. The SMILES string of the molecule is COc1ccc2ncc(Cl)c(CCCC3(C(O)CC#Cc4ccc(F)c(Cl)c4)CCNCC3)c2c1. The lowest BCUT2D eigenvalue weighted by Gasteiger charge is -2.41. The van der Waals surface area contributed by atoms with E-state index in [4.69, 9.17) is 27.9 Å². The number of benzene rings is 2. The molecule has 3 aromatic rings. The van der Waals surface area contributed by atoms with Crippen LogP contribution in [0.4, 0.5) is 4.39 Å². The van der Waals surface area contributed by atoms with Gasteiger partial charge in [-0.3, -0.25) is 4.98 Å². The zero-order chi connectivity index (χ0) is 24.8. The van der Waals surface area contributed by atoms with E-state index in [9.17, 15) is 9.50 Å². The Kier molecular flexibility index (Phi) is 8.51. The van der Waals surface area contributed by atoms with Crippen molar-refractivity contribution in [2.75, 3.05) is 20.2 Å². The molecule has 0 bridgehead atoms. The minimum Gasteiger partial charge on any atom is -0.497 e. The average molecular weight is 515 g/mol. The first-order chi connectivity index (χ1) is 16.9. The number of hydrogen-bond donors (Lipinski definition) is 2. The third kappa shape index (κ3) is 6.08. The van der Waals surface area contributed by atoms with Crippen molar-refractivity contribution in [3.8, 4) is 17.6 Å². The van der Waals surface area contributed by atoms with Crippen molar-refractivity contribution in [1.82, 2.24) is 10.3 Å². The number of fused-ring (bicyclic) bond motifs is 1. The van der Waals surface area contributed by atoms with Crippen molar-refractivity contribution in [3.63, 3.8) is 0 Å². The van der Waals surface area contributed by atoms with Gasteiger partial charge in [0.1, 0.15) is 11.6 Å². The Balaban J connectivity index is 1.47. The van der Waals surface area contributed by atoms with Crippen LogP contribution in [0.25, 0.3) is 10.9 Å². The highest BCUT2D eigenvalue weighted by Crippen LogP contribution is 2.40. The molecule has 1 atom stereocenters. The second-order valence-corrected chi connectivity index (χ2v) is 9.90. The molecule has 0 saturated carbocycles. The summed E-state index contributed by atoms with van der Waals surface area (Å²) in [5.74, 6) is 6.39. The van der Waals surface area contributed by atoms with Crippen LogP contribution >= 0.6 is 23.2 Å². The van der Waals surface area contributed by atoms with Gasteiger partial charge in [-0.05, 0) is 92.6 Å². The third-order valence-electron chi connectivity index (χ3n) is 6.99. The molecular weight excluding hydrogens is 486 g/mol. The van der Waals surface area contributed by atoms with E-state index >= 15 is 0 Å². The van der Waals surface area contributed by atoms with Gasteiger partial charge in [0, 0.05) is 23.6 Å². The van der Waals surface area contributed by atoms with Crippen molar-refractivity contribution in [1.29, 1.82) is 0 Å². The topological polar surface area (TPSA) is 54.4 Å². The Hall–Kier alpha value is -2.36. The third-order valence-corrected chi connectivity index (χ3v) is 7.60. The number of methoxy groups -OCH3 is 1. The highest BCUT2D eigenvalue weighted by Gasteiger charge is 2.38. The van der Waals surface area contributed by atoms with Crippen LogP contribution < -0.4 is 10.1 Å². The molecule has 184 valence electrons. The molecule has 4 rings (SSSR count). The predicted octanol–water partition coefficient (Wildman–Crippen LogP) is 6.18. The minimum absolute atomic E-state index is 0.0482. The number of rotatable bonds is 7. The Labute approximate surface area is 215 Å². The molecule has 0 radical (unpaired) electrons. The van der Waals surface area contributed by atoms with E-state index in [1.165, 1.54) is 12.1 Å². The summed E-state index contributed by atoms with van der Waals surface area (Å²) >= 11 is 12.4. The van der Waals surface area contributed by atoms with Gasteiger partial charge in [-0.2, -0.15) is 0 Å². The molecule has 1 aliphatic rings. The Bertz CT molecular complexity index is 1250. The summed E-state index contributed by atoms with van der Waals surface area (Å²) in [4.78, 5) is 4.45. The van der Waals surface area contributed by atoms with Crippen LogP contribution in [0, 0.1) is 23.1 Å². The molecule has 0 spiro atoms. The average Bonchev–Trinajstić information content (AvgIpc) is 2.87. The van der Waals surface area contributed by atoms with E-state index in [0.29, 0.717) is 17.0 Å². The summed E-state index contributed by atoms with van der Waals surface area (Å²) in [6.45, 7) is 1.74. The van der Waals surface area contributed by atoms with Gasteiger partial charge in [-0.25, -0.2) is 4.39 Å². The van der Waals surface area contributed by atoms with Crippen molar-refractivity contribution >= 4 is 34.1 Å². The molecule has 7 heteroatoms. The maximum Gasteiger partial charge on any atom is 0.141 e. The van der Waals surface area contributed by atoms with Gasteiger partial charge in [0.15, 0.2) is 0 Å². The largest absolute Gasteiger partial charge is 0.497 e. The Morgan fingerprint density at radius 1 is 1.17 bits per heavy atom. The fourth-order valence-electron chi connectivity index (χ4n) is 4.92. The molecule has 1 aromatic heterocycles. The van der Waals surface area contributed by atoms with Gasteiger partial charge in [-0.15, -0.1) is 0 Å². The van der Waals surface area contributed by atoms with Gasteiger partial charge >= 0.3 is 0 Å². The van der Waals surface area contributed by atoms with E-state index in [-0.39, 0.29) is 10.4 Å². The van der Waals surface area contributed by atoms with Gasteiger partial charge in [0.05, 0.1) is 28.8 Å². The van der Waals surface area contributed by atoms with Crippen molar-refractivity contribution in [2.24, 2.45) is 5.41 Å². The lowest BCUT2D eigenvalue weighted by Crippen LogP contribution is -2.44. The molecule has 2 N–H and O–H groups in total. The van der Waals surface area contributed by atoms with Crippen molar-refractivity contribution in [2.45, 2.75) is 44.6 Å². The monoisotopic (exact) mass is 514 g/mol. The molecular formula is C28H29Cl2FN2O2. The maximum atomic E-state index is 13.4. The first kappa shape index (κ1) is 25.7. The Morgan fingerprint density at radius 3 is 2.71 bits per heavy atom. The molecule has 1 saturated heterocycles. The Morgan fingerprint density at radius 2 is 1.97 bits per heavy atom. The number of piperidine rings is 1. The molecule has 2 heterocycles. The standard InChI is InChI=1S/C28H29Cl2FN2O2/c1-35-20-8-10-26-22(17-20)21(24(30)18-33-26)5-3-11-28(12-14-32-15-13-28)27(34)6-2-4-19-7-9-25(31)23(29)16-19/h7-10,16-18,27,32,34H,3,5-6,11-15H2,1H3. The molecule has 1 fully saturated rings. The summed E-state index contributed by atoms with van der Waals surface area (Å²) in [5.41, 5.74) is 2.37. The summed E-state index contributed by atoms with van der Waals surface area (Å²) in [7, 11) is 1.65. The zero-order valence-corrected chi connectivity index (χ0v) is 21.2. The highest BCUT2D eigenvalue weighted by atomic mass is 35.5. The van der Waals surface area contributed by atoms with Crippen molar-refractivity contribution < 1.29 is 14.2 Å². The molecule has 0 amide bonds. The summed E-state index contributed by atoms with van der Waals surface area (Å²) in [6.07, 6.45) is 5.81.